The van der Waals surface area contributed by atoms with E-state index in [9.17, 15) is 9.59 Å². The smallest absolute Gasteiger partial charge is 0.227 e. The van der Waals surface area contributed by atoms with E-state index in [0.29, 0.717) is 13.0 Å². The van der Waals surface area contributed by atoms with Crippen LogP contribution < -0.4 is 5.32 Å². The fourth-order valence-corrected chi connectivity index (χ4v) is 0.671. The van der Waals surface area contributed by atoms with Crippen LogP contribution in [0.3, 0.4) is 0 Å². The van der Waals surface area contributed by atoms with Crippen molar-refractivity contribution in [1.82, 2.24) is 5.32 Å². The number of Topliss-reactive ketones (excluding diaryl/α,β-unsaturated/α-hetero) is 1. The molecule has 0 aliphatic carbocycles. The Morgan fingerprint density at radius 3 is 2.33 bits per heavy atom. The molecule has 1 heterocycles. The second-order valence-electron chi connectivity index (χ2n) is 1.82. The van der Waals surface area contributed by atoms with Gasteiger partial charge < -0.3 is 5.32 Å². The Morgan fingerprint density at radius 1 is 1.33 bits per heavy atom. The number of hydrogen-bond donors (Lipinski definition) is 1. The molecule has 0 atom stereocenters. The highest BCUT2D eigenvalue weighted by Crippen LogP contribution is 1.94. The number of ketones is 1. The van der Waals surface area contributed by atoms with Crippen molar-refractivity contribution in [2.24, 2.45) is 0 Å². The van der Waals surface area contributed by atoms with Crippen LogP contribution in [0.5, 0.6) is 0 Å². The normalized spacial score (nSPS) is 18.2. The van der Waals surface area contributed by atoms with Crippen LogP contribution in [0.2, 0.25) is 0 Å². The number of carbonyl (C=O) groups is 2. The second kappa shape index (κ2) is 3.45. The maximum absolute atomic E-state index is 10.4. The number of rotatable bonds is 0. The van der Waals surface area contributed by atoms with Gasteiger partial charge in [0.05, 0.1) is 6.42 Å². The highest BCUT2D eigenvalue weighted by atomic mass is 35.5. The van der Waals surface area contributed by atoms with E-state index >= 15 is 0 Å². The van der Waals surface area contributed by atoms with E-state index in [2.05, 4.69) is 5.32 Å². The van der Waals surface area contributed by atoms with Crippen LogP contribution in [0.25, 0.3) is 0 Å². The highest BCUT2D eigenvalue weighted by Gasteiger charge is 2.13. The molecule has 0 aromatic rings. The van der Waals surface area contributed by atoms with E-state index in [1.165, 1.54) is 0 Å². The summed E-state index contributed by atoms with van der Waals surface area (Å²) in [5.74, 6) is -0.0880. The Balaban J connectivity index is 0.000000640. The molecule has 52 valence electrons. The van der Waals surface area contributed by atoms with E-state index in [0.717, 1.165) is 0 Å². The summed E-state index contributed by atoms with van der Waals surface area (Å²) in [5.41, 5.74) is 0. The molecule has 1 rings (SSSR count). The van der Waals surface area contributed by atoms with E-state index in [1.54, 1.807) is 0 Å². The first-order valence-corrected chi connectivity index (χ1v) is 2.57. The van der Waals surface area contributed by atoms with Crippen LogP contribution in [0.15, 0.2) is 0 Å². The molecule has 3 nitrogen and oxygen atoms in total. The highest BCUT2D eigenvalue weighted by molar-refractivity contribution is 6.00. The van der Waals surface area contributed by atoms with Crippen LogP contribution >= 0.6 is 12.4 Å². The van der Waals surface area contributed by atoms with Gasteiger partial charge in [0.2, 0.25) is 5.91 Å². The standard InChI is InChI=1S/C5H7NO2.ClH/c7-4-1-2-6-5(8)3-4;/h1-3H2,(H,6,8);1H. The minimum Gasteiger partial charge on any atom is -0.355 e. The number of halogens is 1. The lowest BCUT2D eigenvalue weighted by molar-refractivity contribution is -0.130. The van der Waals surface area contributed by atoms with Crippen LogP contribution in [0.4, 0.5) is 0 Å². The van der Waals surface area contributed by atoms with Crippen molar-refractivity contribution >= 4 is 24.1 Å². The van der Waals surface area contributed by atoms with Crippen LogP contribution in [-0.4, -0.2) is 18.2 Å². The Hall–Kier alpha value is -0.570. The summed E-state index contributed by atoms with van der Waals surface area (Å²) < 4.78 is 0. The Bertz CT molecular complexity index is 121. The summed E-state index contributed by atoms with van der Waals surface area (Å²) in [5, 5.41) is 2.55. The lowest BCUT2D eigenvalue weighted by Crippen LogP contribution is -2.33. The SMILES string of the molecule is Cl.O=C1CCNC(=O)C1. The van der Waals surface area contributed by atoms with Crippen molar-refractivity contribution < 1.29 is 9.59 Å². The first-order chi connectivity index (χ1) is 3.79. The molecular formula is C5H8ClNO2. The Kier molecular flexibility index (Phi) is 3.24. The van der Waals surface area contributed by atoms with Gasteiger partial charge in [0, 0.05) is 13.0 Å². The average Bonchev–Trinajstić information content (AvgIpc) is 1.64. The second-order valence-corrected chi connectivity index (χ2v) is 1.82. The molecule has 1 aliphatic rings. The monoisotopic (exact) mass is 149 g/mol. The molecular weight excluding hydrogens is 142 g/mol. The summed E-state index contributed by atoms with van der Waals surface area (Å²) >= 11 is 0. The zero-order valence-corrected chi connectivity index (χ0v) is 5.66. The van der Waals surface area contributed by atoms with Crippen molar-refractivity contribution in [2.75, 3.05) is 6.54 Å². The van der Waals surface area contributed by atoms with Gasteiger partial charge in [-0.05, 0) is 0 Å². The van der Waals surface area contributed by atoms with Crippen LogP contribution in [-0.2, 0) is 9.59 Å². The predicted molar refractivity (Wildman–Crippen MR) is 34.5 cm³/mol. The summed E-state index contributed by atoms with van der Waals surface area (Å²) in [6.07, 6.45) is 0.589. The number of nitrogens with one attached hydrogen (secondary N) is 1. The molecule has 1 saturated heterocycles. The summed E-state index contributed by atoms with van der Waals surface area (Å²) in [7, 11) is 0. The third kappa shape index (κ3) is 2.46. The van der Waals surface area contributed by atoms with Gasteiger partial charge in [-0.1, -0.05) is 0 Å². The van der Waals surface area contributed by atoms with Crippen LogP contribution in [0.1, 0.15) is 12.8 Å². The zero-order chi connectivity index (χ0) is 5.98. The third-order valence-corrected chi connectivity index (χ3v) is 1.08. The van der Waals surface area contributed by atoms with Crippen LogP contribution in [0, 0.1) is 0 Å². The molecule has 0 aromatic heterocycles. The third-order valence-electron chi connectivity index (χ3n) is 1.08. The lowest BCUT2D eigenvalue weighted by atomic mass is 10.1. The maximum atomic E-state index is 10.4. The van der Waals surface area contributed by atoms with Gasteiger partial charge >= 0.3 is 0 Å². The molecule has 1 amide bonds. The fraction of sp³-hybridized carbons (Fsp3) is 0.600. The molecule has 0 radical (unpaired) electrons. The molecule has 1 N–H and O–H groups in total. The van der Waals surface area contributed by atoms with Gasteiger partial charge in [0.25, 0.3) is 0 Å². The summed E-state index contributed by atoms with van der Waals surface area (Å²) in [6, 6.07) is 0. The Morgan fingerprint density at radius 2 is 2.00 bits per heavy atom. The largest absolute Gasteiger partial charge is 0.355 e. The van der Waals surface area contributed by atoms with Crippen molar-refractivity contribution in [1.29, 1.82) is 0 Å². The maximum Gasteiger partial charge on any atom is 0.227 e. The molecule has 1 aliphatic heterocycles. The van der Waals surface area contributed by atoms with Gasteiger partial charge in [0.15, 0.2) is 0 Å². The predicted octanol–water partition coefficient (Wildman–Crippen LogP) is -0.113. The van der Waals surface area contributed by atoms with E-state index in [-0.39, 0.29) is 30.5 Å². The van der Waals surface area contributed by atoms with E-state index in [4.69, 9.17) is 0 Å². The lowest BCUT2D eigenvalue weighted by Gasteiger charge is -2.08. The Labute approximate surface area is 59.2 Å². The van der Waals surface area contributed by atoms with Gasteiger partial charge in [0.1, 0.15) is 5.78 Å². The molecule has 0 bridgehead atoms. The van der Waals surface area contributed by atoms with Crippen molar-refractivity contribution in [3.05, 3.63) is 0 Å². The molecule has 0 unspecified atom stereocenters. The van der Waals surface area contributed by atoms with Gasteiger partial charge in [-0.2, -0.15) is 0 Å². The van der Waals surface area contributed by atoms with Gasteiger partial charge in [-0.3, -0.25) is 9.59 Å². The summed E-state index contributed by atoms with van der Waals surface area (Å²) in [6.45, 7) is 0.525. The summed E-state index contributed by atoms with van der Waals surface area (Å²) in [4.78, 5) is 20.8. The fourth-order valence-electron chi connectivity index (χ4n) is 0.671. The van der Waals surface area contributed by atoms with E-state index in [1.807, 2.05) is 0 Å². The van der Waals surface area contributed by atoms with Gasteiger partial charge in [-0.15, -0.1) is 12.4 Å². The molecule has 1 fully saturated rings. The topological polar surface area (TPSA) is 46.2 Å². The molecule has 9 heavy (non-hydrogen) atoms. The number of carbonyl (C=O) groups excluding carboxylic acids is 2. The van der Waals surface area contributed by atoms with E-state index < -0.39 is 0 Å². The average molecular weight is 150 g/mol. The molecule has 4 heteroatoms. The minimum absolute atomic E-state index is 0. The van der Waals surface area contributed by atoms with Crippen molar-refractivity contribution in [2.45, 2.75) is 12.8 Å². The molecule has 0 spiro atoms. The quantitative estimate of drug-likeness (QED) is 0.489. The number of hydrogen-bond acceptors (Lipinski definition) is 2. The van der Waals surface area contributed by atoms with Crippen molar-refractivity contribution in [3.63, 3.8) is 0 Å². The first kappa shape index (κ1) is 8.43. The minimum atomic E-state index is -0.138. The van der Waals surface area contributed by atoms with Gasteiger partial charge in [-0.25, -0.2) is 0 Å². The molecule has 0 saturated carbocycles. The first-order valence-electron chi connectivity index (χ1n) is 2.57. The molecule has 0 aromatic carbocycles. The zero-order valence-electron chi connectivity index (χ0n) is 4.85. The number of amides is 1. The van der Waals surface area contributed by atoms with Crippen molar-refractivity contribution in [3.8, 4) is 0 Å². The number of piperidine rings is 1.